The minimum atomic E-state index is -0.492. The van der Waals surface area contributed by atoms with E-state index in [-0.39, 0.29) is 23.8 Å². The van der Waals surface area contributed by atoms with Crippen molar-refractivity contribution in [2.75, 3.05) is 0 Å². The summed E-state index contributed by atoms with van der Waals surface area (Å²) in [6, 6.07) is 13.5. The smallest absolute Gasteiger partial charge is 0.343 e. The predicted octanol–water partition coefficient (Wildman–Crippen LogP) is 2.83. The average molecular weight is 382 g/mol. The molecule has 5 N–H and O–H groups in total. The van der Waals surface area contributed by atoms with Gasteiger partial charge in [0.1, 0.15) is 5.75 Å². The molecule has 2 rings (SSSR count). The predicted molar refractivity (Wildman–Crippen MR) is 110 cm³/mol. The van der Waals surface area contributed by atoms with Gasteiger partial charge < -0.3 is 21.5 Å². The highest BCUT2D eigenvalue weighted by atomic mass is 16.5. The van der Waals surface area contributed by atoms with Crippen molar-refractivity contribution >= 4 is 23.5 Å². The summed E-state index contributed by atoms with van der Waals surface area (Å²) < 4.78 is 5.39. The second kappa shape index (κ2) is 9.55. The minimum Gasteiger partial charge on any atom is -0.423 e. The molecule has 2 aromatic carbocycles. The Morgan fingerprint density at radius 2 is 1.64 bits per heavy atom. The molecule has 0 fully saturated rings. The van der Waals surface area contributed by atoms with E-state index in [1.54, 1.807) is 48.5 Å². The summed E-state index contributed by atoms with van der Waals surface area (Å²) in [5.41, 5.74) is 12.4. The molecule has 7 heteroatoms. The third-order valence-electron chi connectivity index (χ3n) is 4.01. The molecule has 28 heavy (non-hydrogen) atoms. The van der Waals surface area contributed by atoms with Gasteiger partial charge >= 0.3 is 5.97 Å². The van der Waals surface area contributed by atoms with E-state index in [2.05, 4.69) is 10.3 Å². The molecule has 7 nitrogen and oxygen atoms in total. The molecule has 1 amide bonds. The van der Waals surface area contributed by atoms with Crippen LogP contribution in [0.3, 0.4) is 0 Å². The van der Waals surface area contributed by atoms with Gasteiger partial charge in [-0.15, -0.1) is 0 Å². The summed E-state index contributed by atoms with van der Waals surface area (Å²) in [5.74, 6) is -0.393. The van der Waals surface area contributed by atoms with Crippen LogP contribution >= 0.6 is 0 Å². The molecule has 0 radical (unpaired) electrons. The Bertz CT molecular complexity index is 839. The van der Waals surface area contributed by atoms with E-state index >= 15 is 0 Å². The highest BCUT2D eigenvalue weighted by Crippen LogP contribution is 2.23. The molecule has 0 spiro atoms. The van der Waals surface area contributed by atoms with Crippen molar-refractivity contribution in [3.05, 3.63) is 59.7 Å². The maximum Gasteiger partial charge on any atom is 0.343 e. The molecule has 148 valence electrons. The number of amides is 1. The molecule has 0 saturated carbocycles. The summed E-state index contributed by atoms with van der Waals surface area (Å²) in [6.45, 7) is 5.82. The molecule has 1 unspecified atom stereocenters. The number of esters is 1. The lowest BCUT2D eigenvalue weighted by Gasteiger charge is -2.17. The highest BCUT2D eigenvalue weighted by Gasteiger charge is 2.19. The number of rotatable bonds is 7. The summed E-state index contributed by atoms with van der Waals surface area (Å²) in [7, 11) is 0. The standard InChI is InChI=1S/C21H26N4O3/c1-4-18(19(26)24-13(2)3)14-7-11-17(12-8-14)28-20(27)15-5-9-16(10-6-15)25-21(22)23/h5-13,18H,4H2,1-3H3,(H,24,26)(H4,22,23,25). The second-order valence-corrected chi connectivity index (χ2v) is 6.67. The van der Waals surface area contributed by atoms with Crippen molar-refractivity contribution in [2.45, 2.75) is 39.2 Å². The van der Waals surface area contributed by atoms with Gasteiger partial charge in [0.25, 0.3) is 0 Å². The largest absolute Gasteiger partial charge is 0.423 e. The van der Waals surface area contributed by atoms with Crippen LogP contribution < -0.4 is 21.5 Å². The zero-order valence-electron chi connectivity index (χ0n) is 16.3. The van der Waals surface area contributed by atoms with E-state index in [0.29, 0.717) is 23.4 Å². The zero-order valence-corrected chi connectivity index (χ0v) is 16.3. The molecule has 0 heterocycles. The minimum absolute atomic E-state index is 0.0110. The quantitative estimate of drug-likeness (QED) is 0.294. The van der Waals surface area contributed by atoms with Crippen LogP contribution in [-0.4, -0.2) is 23.9 Å². The maximum atomic E-state index is 12.3. The van der Waals surface area contributed by atoms with Crippen molar-refractivity contribution in [3.8, 4) is 5.75 Å². The van der Waals surface area contributed by atoms with E-state index in [9.17, 15) is 9.59 Å². The Hall–Kier alpha value is -3.35. The van der Waals surface area contributed by atoms with E-state index in [1.165, 1.54) is 0 Å². The van der Waals surface area contributed by atoms with Crippen LogP contribution in [0.1, 0.15) is 49.0 Å². The number of nitrogens with zero attached hydrogens (tertiary/aromatic N) is 1. The van der Waals surface area contributed by atoms with Crippen molar-refractivity contribution < 1.29 is 14.3 Å². The molecule has 0 aromatic heterocycles. The molecular weight excluding hydrogens is 356 g/mol. The Kier molecular flexibility index (Phi) is 7.14. The number of hydrogen-bond acceptors (Lipinski definition) is 4. The van der Waals surface area contributed by atoms with Gasteiger partial charge in [-0.1, -0.05) is 19.1 Å². The number of carbonyl (C=O) groups excluding carboxylic acids is 2. The van der Waals surface area contributed by atoms with Crippen LogP contribution in [0, 0.1) is 0 Å². The fourth-order valence-corrected chi connectivity index (χ4v) is 2.71. The number of hydrogen-bond donors (Lipinski definition) is 3. The van der Waals surface area contributed by atoms with Crippen LogP contribution in [0.2, 0.25) is 0 Å². The summed E-state index contributed by atoms with van der Waals surface area (Å²) in [6.07, 6.45) is 0.680. The maximum absolute atomic E-state index is 12.3. The first kappa shape index (κ1) is 21.0. The first-order valence-electron chi connectivity index (χ1n) is 9.12. The van der Waals surface area contributed by atoms with Gasteiger partial charge in [-0.25, -0.2) is 9.79 Å². The number of aliphatic imine (C=N–C) groups is 1. The van der Waals surface area contributed by atoms with E-state index < -0.39 is 5.97 Å². The molecule has 0 bridgehead atoms. The SMILES string of the molecule is CCC(C(=O)NC(C)C)c1ccc(OC(=O)c2ccc(N=C(N)N)cc2)cc1. The highest BCUT2D eigenvalue weighted by molar-refractivity contribution is 5.91. The molecular formula is C21H26N4O3. The third kappa shape index (κ3) is 5.84. The number of nitrogens with two attached hydrogens (primary N) is 2. The van der Waals surface area contributed by atoms with Crippen molar-refractivity contribution in [3.63, 3.8) is 0 Å². The van der Waals surface area contributed by atoms with Gasteiger partial charge in [0.05, 0.1) is 17.2 Å². The van der Waals surface area contributed by atoms with Gasteiger partial charge in [-0.3, -0.25) is 4.79 Å². The summed E-state index contributed by atoms with van der Waals surface area (Å²) >= 11 is 0. The lowest BCUT2D eigenvalue weighted by atomic mass is 9.95. The fraction of sp³-hybridized carbons (Fsp3) is 0.286. The van der Waals surface area contributed by atoms with Crippen LogP contribution in [0.15, 0.2) is 53.5 Å². The third-order valence-corrected chi connectivity index (χ3v) is 4.01. The number of nitrogens with one attached hydrogen (secondary N) is 1. The Morgan fingerprint density at radius 1 is 1.04 bits per heavy atom. The molecule has 0 aliphatic heterocycles. The molecule has 0 aliphatic carbocycles. The van der Waals surface area contributed by atoms with E-state index in [4.69, 9.17) is 16.2 Å². The topological polar surface area (TPSA) is 120 Å². The summed E-state index contributed by atoms with van der Waals surface area (Å²) in [4.78, 5) is 28.5. The van der Waals surface area contributed by atoms with E-state index in [0.717, 1.165) is 5.56 Å². The van der Waals surface area contributed by atoms with Crippen LogP contribution in [0.4, 0.5) is 5.69 Å². The molecule has 0 aliphatic rings. The van der Waals surface area contributed by atoms with Gasteiger partial charge in [-0.2, -0.15) is 0 Å². The van der Waals surface area contributed by atoms with Crippen LogP contribution in [0.5, 0.6) is 5.75 Å². The van der Waals surface area contributed by atoms with Crippen molar-refractivity contribution in [1.29, 1.82) is 0 Å². The number of carbonyl (C=O) groups is 2. The van der Waals surface area contributed by atoms with Crippen LogP contribution in [0.25, 0.3) is 0 Å². The van der Waals surface area contributed by atoms with Gasteiger partial charge in [0.2, 0.25) is 5.91 Å². The number of benzene rings is 2. The fourth-order valence-electron chi connectivity index (χ4n) is 2.71. The first-order valence-corrected chi connectivity index (χ1v) is 9.12. The Balaban J connectivity index is 2.06. The number of ether oxygens (including phenoxy) is 1. The Labute approximate surface area is 164 Å². The molecule has 2 aromatic rings. The molecule has 1 atom stereocenters. The lowest BCUT2D eigenvalue weighted by Crippen LogP contribution is -2.34. The first-order chi connectivity index (χ1) is 13.3. The van der Waals surface area contributed by atoms with E-state index in [1.807, 2.05) is 20.8 Å². The molecule has 0 saturated heterocycles. The monoisotopic (exact) mass is 382 g/mol. The Morgan fingerprint density at radius 3 is 2.14 bits per heavy atom. The lowest BCUT2D eigenvalue weighted by molar-refractivity contribution is -0.123. The normalized spacial score (nSPS) is 11.6. The summed E-state index contributed by atoms with van der Waals surface area (Å²) in [5, 5.41) is 2.93. The van der Waals surface area contributed by atoms with Gasteiger partial charge in [-0.05, 0) is 62.2 Å². The average Bonchev–Trinajstić information content (AvgIpc) is 2.63. The zero-order chi connectivity index (χ0) is 20.7. The van der Waals surface area contributed by atoms with Gasteiger partial charge in [0, 0.05) is 6.04 Å². The second-order valence-electron chi connectivity index (χ2n) is 6.67. The van der Waals surface area contributed by atoms with Crippen LogP contribution in [-0.2, 0) is 4.79 Å². The number of guanidine groups is 1. The van der Waals surface area contributed by atoms with Crippen molar-refractivity contribution in [1.82, 2.24) is 5.32 Å². The van der Waals surface area contributed by atoms with Crippen molar-refractivity contribution in [2.24, 2.45) is 16.5 Å². The van der Waals surface area contributed by atoms with Gasteiger partial charge in [0.15, 0.2) is 5.96 Å².